The van der Waals surface area contributed by atoms with E-state index in [9.17, 15) is 9.59 Å². The van der Waals surface area contributed by atoms with Gasteiger partial charge in [-0.3, -0.25) is 9.59 Å². The minimum Gasteiger partial charge on any atom is -0.326 e. The Labute approximate surface area is 157 Å². The van der Waals surface area contributed by atoms with E-state index < -0.39 is 0 Å². The van der Waals surface area contributed by atoms with E-state index >= 15 is 0 Å². The molecule has 0 aliphatic rings. The highest BCUT2D eigenvalue weighted by Crippen LogP contribution is 2.26. The number of hydrogen-bond donors (Lipinski definition) is 2. The fraction of sp³-hybridized carbons (Fsp3) is 0.263. The van der Waals surface area contributed by atoms with Gasteiger partial charge in [-0.15, -0.1) is 0 Å². The van der Waals surface area contributed by atoms with Crippen LogP contribution in [0.5, 0.6) is 0 Å². The van der Waals surface area contributed by atoms with Crippen LogP contribution >= 0.6 is 23.2 Å². The van der Waals surface area contributed by atoms with Gasteiger partial charge in [-0.05, 0) is 42.7 Å². The molecule has 2 aromatic carbocycles. The summed E-state index contributed by atoms with van der Waals surface area (Å²) in [4.78, 5) is 23.7. The highest BCUT2D eigenvalue weighted by Gasteiger charge is 2.10. The van der Waals surface area contributed by atoms with Crippen LogP contribution in [0.4, 0.5) is 11.4 Å². The van der Waals surface area contributed by atoms with Crippen molar-refractivity contribution in [3.05, 3.63) is 57.6 Å². The normalized spacial score (nSPS) is 10.4. The molecule has 2 aromatic rings. The van der Waals surface area contributed by atoms with Crippen LogP contribution in [0, 0.1) is 6.92 Å². The molecule has 0 bridgehead atoms. The molecule has 0 spiro atoms. The Balaban J connectivity index is 2.01. The van der Waals surface area contributed by atoms with E-state index in [1.165, 1.54) is 0 Å². The van der Waals surface area contributed by atoms with Crippen molar-refractivity contribution >= 4 is 46.4 Å². The van der Waals surface area contributed by atoms with Gasteiger partial charge < -0.3 is 10.6 Å². The summed E-state index contributed by atoms with van der Waals surface area (Å²) in [5.41, 5.74) is 3.09. The van der Waals surface area contributed by atoms with Crippen LogP contribution in [-0.2, 0) is 16.0 Å². The van der Waals surface area contributed by atoms with E-state index in [0.29, 0.717) is 34.3 Å². The lowest BCUT2D eigenvalue weighted by molar-refractivity contribution is -0.116. The van der Waals surface area contributed by atoms with Crippen LogP contribution in [0.25, 0.3) is 0 Å². The van der Waals surface area contributed by atoms with E-state index in [1.807, 2.05) is 31.2 Å². The second-order valence-corrected chi connectivity index (χ2v) is 6.48. The van der Waals surface area contributed by atoms with Gasteiger partial charge >= 0.3 is 0 Å². The molecule has 0 unspecified atom stereocenters. The molecule has 0 atom stereocenters. The van der Waals surface area contributed by atoms with Gasteiger partial charge in [0.05, 0.1) is 10.0 Å². The summed E-state index contributed by atoms with van der Waals surface area (Å²) in [6.07, 6.45) is 1.18. The van der Waals surface area contributed by atoms with Crippen LogP contribution in [0.3, 0.4) is 0 Å². The van der Waals surface area contributed by atoms with Crippen LogP contribution in [0.2, 0.25) is 10.0 Å². The SMILES string of the molecule is CCC(=O)Nc1ccc(C)c(NC(=O)CCc2cccc(Cl)c2Cl)c1. The zero-order chi connectivity index (χ0) is 18.4. The number of carbonyl (C=O) groups is 2. The van der Waals surface area contributed by atoms with Crippen LogP contribution in [0.15, 0.2) is 36.4 Å². The highest BCUT2D eigenvalue weighted by atomic mass is 35.5. The second-order valence-electron chi connectivity index (χ2n) is 5.69. The third-order valence-electron chi connectivity index (χ3n) is 3.77. The summed E-state index contributed by atoms with van der Waals surface area (Å²) in [5, 5.41) is 6.63. The number of halogens is 2. The fourth-order valence-electron chi connectivity index (χ4n) is 2.29. The smallest absolute Gasteiger partial charge is 0.224 e. The van der Waals surface area contributed by atoms with E-state index in [4.69, 9.17) is 23.2 Å². The van der Waals surface area contributed by atoms with Gasteiger partial charge in [-0.2, -0.15) is 0 Å². The Morgan fingerprint density at radius 3 is 2.52 bits per heavy atom. The number of hydrogen-bond acceptors (Lipinski definition) is 2. The zero-order valence-corrected chi connectivity index (χ0v) is 15.7. The zero-order valence-electron chi connectivity index (χ0n) is 14.2. The average Bonchev–Trinajstić information content (AvgIpc) is 2.59. The molecule has 0 fully saturated rings. The monoisotopic (exact) mass is 378 g/mol. The predicted octanol–water partition coefficient (Wildman–Crippen LogP) is 5.22. The Morgan fingerprint density at radius 2 is 1.80 bits per heavy atom. The van der Waals surface area contributed by atoms with E-state index in [-0.39, 0.29) is 18.2 Å². The molecule has 0 aliphatic heterocycles. The summed E-state index contributed by atoms with van der Waals surface area (Å²) in [7, 11) is 0. The molecule has 6 heteroatoms. The van der Waals surface area contributed by atoms with Crippen molar-refractivity contribution in [3.63, 3.8) is 0 Å². The van der Waals surface area contributed by atoms with Crippen molar-refractivity contribution in [2.45, 2.75) is 33.1 Å². The van der Waals surface area contributed by atoms with E-state index in [1.54, 1.807) is 19.1 Å². The summed E-state index contributed by atoms with van der Waals surface area (Å²) < 4.78 is 0. The standard InChI is InChI=1S/C19H20Cl2N2O2/c1-3-17(24)22-14-9-7-12(2)16(11-14)23-18(25)10-8-13-5-4-6-15(20)19(13)21/h4-7,9,11H,3,8,10H2,1-2H3,(H,22,24)(H,23,25). The van der Waals surface area contributed by atoms with Crippen LogP contribution < -0.4 is 10.6 Å². The number of anilines is 2. The molecule has 25 heavy (non-hydrogen) atoms. The fourth-order valence-corrected chi connectivity index (χ4v) is 2.70. The minimum absolute atomic E-state index is 0.0725. The first-order valence-corrected chi connectivity index (χ1v) is 8.79. The molecule has 4 nitrogen and oxygen atoms in total. The third kappa shape index (κ3) is 5.48. The molecule has 2 N–H and O–H groups in total. The average molecular weight is 379 g/mol. The molecule has 0 heterocycles. The molecule has 2 amide bonds. The molecular formula is C19H20Cl2N2O2. The molecule has 0 aromatic heterocycles. The third-order valence-corrected chi connectivity index (χ3v) is 4.63. The minimum atomic E-state index is -0.127. The van der Waals surface area contributed by atoms with Gasteiger partial charge in [0, 0.05) is 24.2 Å². The Bertz CT molecular complexity index is 791. The van der Waals surface area contributed by atoms with Crippen molar-refractivity contribution in [1.29, 1.82) is 0 Å². The number of aryl methyl sites for hydroxylation is 2. The van der Waals surface area contributed by atoms with Crippen LogP contribution in [0.1, 0.15) is 30.9 Å². The number of amides is 2. The summed E-state index contributed by atoms with van der Waals surface area (Å²) in [5.74, 6) is -0.199. The van der Waals surface area contributed by atoms with Crippen molar-refractivity contribution in [2.75, 3.05) is 10.6 Å². The lowest BCUT2D eigenvalue weighted by Crippen LogP contribution is -2.14. The lowest BCUT2D eigenvalue weighted by Gasteiger charge is -2.12. The van der Waals surface area contributed by atoms with Crippen molar-refractivity contribution in [3.8, 4) is 0 Å². The topological polar surface area (TPSA) is 58.2 Å². The Kier molecular flexibility index (Phi) is 6.85. The van der Waals surface area contributed by atoms with Gasteiger partial charge in [0.15, 0.2) is 0 Å². The van der Waals surface area contributed by atoms with E-state index in [0.717, 1.165) is 11.1 Å². The van der Waals surface area contributed by atoms with Gasteiger partial charge in [-0.1, -0.05) is 48.3 Å². The summed E-state index contributed by atoms with van der Waals surface area (Å²) in [6.45, 7) is 3.68. The first-order chi connectivity index (χ1) is 11.9. The molecule has 132 valence electrons. The number of carbonyl (C=O) groups excluding carboxylic acids is 2. The van der Waals surface area contributed by atoms with Crippen LogP contribution in [-0.4, -0.2) is 11.8 Å². The number of nitrogens with one attached hydrogen (secondary N) is 2. The quantitative estimate of drug-likeness (QED) is 0.723. The van der Waals surface area contributed by atoms with Gasteiger partial charge in [-0.25, -0.2) is 0 Å². The molecular weight excluding hydrogens is 359 g/mol. The number of rotatable bonds is 6. The molecule has 0 radical (unpaired) electrons. The van der Waals surface area contributed by atoms with E-state index in [2.05, 4.69) is 10.6 Å². The molecule has 0 saturated carbocycles. The first-order valence-electron chi connectivity index (χ1n) is 8.04. The van der Waals surface area contributed by atoms with Gasteiger partial charge in [0.1, 0.15) is 0 Å². The largest absolute Gasteiger partial charge is 0.326 e. The molecule has 2 rings (SSSR count). The highest BCUT2D eigenvalue weighted by molar-refractivity contribution is 6.42. The Hall–Kier alpha value is -2.04. The van der Waals surface area contributed by atoms with Crippen molar-refractivity contribution < 1.29 is 9.59 Å². The molecule has 0 aliphatic carbocycles. The van der Waals surface area contributed by atoms with Gasteiger partial charge in [0.25, 0.3) is 0 Å². The molecule has 0 saturated heterocycles. The maximum atomic E-state index is 12.2. The van der Waals surface area contributed by atoms with Crippen molar-refractivity contribution in [1.82, 2.24) is 0 Å². The summed E-state index contributed by atoms with van der Waals surface area (Å²) in [6, 6.07) is 10.8. The second kappa shape index (κ2) is 8.88. The number of benzene rings is 2. The predicted molar refractivity (Wildman–Crippen MR) is 104 cm³/mol. The van der Waals surface area contributed by atoms with Gasteiger partial charge in [0.2, 0.25) is 11.8 Å². The lowest BCUT2D eigenvalue weighted by atomic mass is 10.1. The Morgan fingerprint density at radius 1 is 1.04 bits per heavy atom. The maximum Gasteiger partial charge on any atom is 0.224 e. The summed E-state index contributed by atoms with van der Waals surface area (Å²) >= 11 is 12.1. The first kappa shape index (κ1) is 19.3. The van der Waals surface area contributed by atoms with Crippen molar-refractivity contribution in [2.24, 2.45) is 0 Å². The maximum absolute atomic E-state index is 12.2.